The van der Waals surface area contributed by atoms with Crippen LogP contribution in [0.3, 0.4) is 0 Å². The molecule has 0 aliphatic rings. The molecule has 0 saturated carbocycles. The summed E-state index contributed by atoms with van der Waals surface area (Å²) in [5.41, 5.74) is 1.75. The van der Waals surface area contributed by atoms with E-state index in [1.807, 2.05) is 41.8 Å². The molecule has 0 bridgehead atoms. The minimum absolute atomic E-state index is 0.0463. The van der Waals surface area contributed by atoms with Gasteiger partial charge in [-0.15, -0.1) is 29.7 Å². The number of carbonyl (C=O) groups excluding carboxylic acids is 1. The van der Waals surface area contributed by atoms with Gasteiger partial charge in [0.1, 0.15) is 11.4 Å². The smallest absolute Gasteiger partial charge is 0.234 e. The monoisotopic (exact) mass is 373 g/mol. The lowest BCUT2D eigenvalue weighted by Gasteiger charge is -2.10. The van der Waals surface area contributed by atoms with E-state index in [-0.39, 0.29) is 5.91 Å². The van der Waals surface area contributed by atoms with Crippen LogP contribution in [-0.2, 0) is 4.79 Å². The Morgan fingerprint density at radius 2 is 2.12 bits per heavy atom. The Labute approximate surface area is 152 Å². The summed E-state index contributed by atoms with van der Waals surface area (Å²) in [6, 6.07) is 9.75. The third-order valence-corrected chi connectivity index (χ3v) is 6.17. The number of nitrogens with zero attached hydrogens (tertiary/aromatic N) is 2. The van der Waals surface area contributed by atoms with Crippen molar-refractivity contribution in [3.8, 4) is 0 Å². The minimum Gasteiger partial charge on any atom is -0.324 e. The van der Waals surface area contributed by atoms with E-state index in [9.17, 15) is 4.79 Å². The molecule has 1 aromatic carbocycles. The number of carbonyl (C=O) groups is 1. The summed E-state index contributed by atoms with van der Waals surface area (Å²) in [5, 5.41) is 5.81. The van der Waals surface area contributed by atoms with E-state index in [2.05, 4.69) is 21.9 Å². The van der Waals surface area contributed by atoms with Crippen molar-refractivity contribution in [1.82, 2.24) is 9.97 Å². The number of aromatic nitrogens is 2. The average molecular weight is 374 g/mol. The van der Waals surface area contributed by atoms with E-state index in [1.54, 1.807) is 23.1 Å². The Bertz CT molecular complexity index is 863. The predicted octanol–water partition coefficient (Wildman–Crippen LogP) is 4.70. The highest BCUT2D eigenvalue weighted by molar-refractivity contribution is 8.00. The van der Waals surface area contributed by atoms with Crippen LogP contribution in [0.2, 0.25) is 0 Å². The molecule has 0 radical (unpaired) electrons. The molecule has 7 heteroatoms. The predicted molar refractivity (Wildman–Crippen MR) is 104 cm³/mol. The number of anilines is 1. The molecule has 1 N–H and O–H groups in total. The number of hydrogen-bond acceptors (Lipinski definition) is 6. The van der Waals surface area contributed by atoms with Crippen molar-refractivity contribution in [2.24, 2.45) is 0 Å². The maximum Gasteiger partial charge on any atom is 0.234 e. The van der Waals surface area contributed by atoms with E-state index in [4.69, 9.17) is 0 Å². The van der Waals surface area contributed by atoms with Gasteiger partial charge in [-0.05, 0) is 23.6 Å². The first kappa shape index (κ1) is 17.0. The second-order valence-corrected chi connectivity index (χ2v) is 7.69. The fraction of sp³-hybridized carbons (Fsp3) is 0.118. The molecular weight excluding hydrogens is 358 g/mol. The number of benzene rings is 1. The van der Waals surface area contributed by atoms with Gasteiger partial charge in [0, 0.05) is 10.6 Å². The zero-order chi connectivity index (χ0) is 16.8. The second-order valence-electron chi connectivity index (χ2n) is 4.75. The number of hydrogen-bond donors (Lipinski definition) is 1. The van der Waals surface area contributed by atoms with Gasteiger partial charge < -0.3 is 5.32 Å². The Kier molecular flexibility index (Phi) is 5.90. The van der Waals surface area contributed by atoms with E-state index in [1.165, 1.54) is 18.1 Å². The third kappa shape index (κ3) is 4.17. The zero-order valence-corrected chi connectivity index (χ0v) is 15.2. The molecule has 0 fully saturated rings. The summed E-state index contributed by atoms with van der Waals surface area (Å²) < 4.78 is 1.03. The lowest BCUT2D eigenvalue weighted by Crippen LogP contribution is -2.14. The lowest BCUT2D eigenvalue weighted by atomic mass is 10.3. The van der Waals surface area contributed by atoms with Crippen LogP contribution in [0, 0.1) is 0 Å². The molecule has 3 aromatic rings. The molecule has 0 spiro atoms. The zero-order valence-electron chi connectivity index (χ0n) is 12.8. The van der Waals surface area contributed by atoms with E-state index >= 15 is 0 Å². The van der Waals surface area contributed by atoms with Gasteiger partial charge in [-0.3, -0.25) is 4.79 Å². The summed E-state index contributed by atoms with van der Waals surface area (Å²) in [4.78, 5) is 21.8. The van der Waals surface area contributed by atoms with Crippen LogP contribution in [0.15, 0.2) is 64.6 Å². The molecular formula is C17H15N3OS3. The Morgan fingerprint density at radius 1 is 1.25 bits per heavy atom. The molecule has 0 saturated heterocycles. The molecule has 24 heavy (non-hydrogen) atoms. The fourth-order valence-corrected chi connectivity index (χ4v) is 4.53. The van der Waals surface area contributed by atoms with Crippen molar-refractivity contribution in [3.63, 3.8) is 0 Å². The number of amides is 1. The summed E-state index contributed by atoms with van der Waals surface area (Å²) >= 11 is 4.67. The SMILES string of the molecule is C=CCSc1ccccc1NC(=O)CSc1ncnc2ccsc12. The summed E-state index contributed by atoms with van der Waals surface area (Å²) in [7, 11) is 0. The first-order chi connectivity index (χ1) is 11.8. The average Bonchev–Trinajstić information content (AvgIpc) is 3.08. The Balaban J connectivity index is 1.64. The standard InChI is InChI=1S/C17H15N3OS3/c1-2-8-22-14-6-4-3-5-12(14)20-15(21)10-24-17-16-13(7-9-23-16)18-11-19-17/h2-7,9,11H,1,8,10H2,(H,20,21). The lowest BCUT2D eigenvalue weighted by molar-refractivity contribution is -0.113. The van der Waals surface area contributed by atoms with Crippen LogP contribution in [0.1, 0.15) is 0 Å². The molecule has 3 rings (SSSR count). The van der Waals surface area contributed by atoms with Crippen LogP contribution in [0.5, 0.6) is 0 Å². The first-order valence-corrected chi connectivity index (χ1v) is 10.1. The van der Waals surface area contributed by atoms with Crippen molar-refractivity contribution < 1.29 is 4.79 Å². The van der Waals surface area contributed by atoms with Gasteiger partial charge in [0.2, 0.25) is 5.91 Å². The molecule has 4 nitrogen and oxygen atoms in total. The molecule has 0 unspecified atom stereocenters. The molecule has 2 heterocycles. The number of nitrogens with one attached hydrogen (secondary N) is 1. The summed E-state index contributed by atoms with van der Waals surface area (Å²) in [5.74, 6) is 1.07. The van der Waals surface area contributed by atoms with Crippen LogP contribution >= 0.6 is 34.9 Å². The number of rotatable bonds is 7. The van der Waals surface area contributed by atoms with E-state index in [0.717, 1.165) is 31.6 Å². The van der Waals surface area contributed by atoms with Crippen LogP contribution in [-0.4, -0.2) is 27.4 Å². The fourth-order valence-electron chi connectivity index (χ4n) is 2.03. The van der Waals surface area contributed by atoms with Crippen LogP contribution < -0.4 is 5.32 Å². The topological polar surface area (TPSA) is 54.9 Å². The Morgan fingerprint density at radius 3 is 3.00 bits per heavy atom. The van der Waals surface area contributed by atoms with Gasteiger partial charge in [0.25, 0.3) is 0 Å². The maximum absolute atomic E-state index is 12.3. The maximum atomic E-state index is 12.3. The van der Waals surface area contributed by atoms with Gasteiger partial charge in [-0.25, -0.2) is 9.97 Å². The molecule has 0 aliphatic carbocycles. The largest absolute Gasteiger partial charge is 0.324 e. The van der Waals surface area contributed by atoms with Gasteiger partial charge in [-0.1, -0.05) is 30.0 Å². The molecule has 0 atom stereocenters. The van der Waals surface area contributed by atoms with Crippen LogP contribution in [0.25, 0.3) is 10.2 Å². The van der Waals surface area contributed by atoms with Gasteiger partial charge >= 0.3 is 0 Å². The van der Waals surface area contributed by atoms with Gasteiger partial charge in [0.15, 0.2) is 0 Å². The summed E-state index contributed by atoms with van der Waals surface area (Å²) in [6.45, 7) is 3.73. The number of para-hydroxylation sites is 1. The first-order valence-electron chi connectivity index (χ1n) is 7.21. The van der Waals surface area contributed by atoms with Crippen molar-refractivity contribution in [3.05, 3.63) is 54.7 Å². The van der Waals surface area contributed by atoms with Crippen molar-refractivity contribution >= 4 is 56.7 Å². The molecule has 0 aliphatic heterocycles. The Hall–Kier alpha value is -1.83. The normalized spacial score (nSPS) is 10.7. The van der Waals surface area contributed by atoms with Crippen molar-refractivity contribution in [2.75, 3.05) is 16.8 Å². The minimum atomic E-state index is -0.0463. The molecule has 1 amide bonds. The number of fused-ring (bicyclic) bond motifs is 1. The van der Waals surface area contributed by atoms with E-state index < -0.39 is 0 Å². The van der Waals surface area contributed by atoms with Crippen molar-refractivity contribution in [2.45, 2.75) is 9.92 Å². The highest BCUT2D eigenvalue weighted by atomic mass is 32.2. The molecule has 122 valence electrons. The third-order valence-electron chi connectivity index (χ3n) is 3.07. The highest BCUT2D eigenvalue weighted by Crippen LogP contribution is 2.30. The highest BCUT2D eigenvalue weighted by Gasteiger charge is 2.10. The van der Waals surface area contributed by atoms with Crippen molar-refractivity contribution in [1.29, 1.82) is 0 Å². The summed E-state index contributed by atoms with van der Waals surface area (Å²) in [6.07, 6.45) is 3.39. The van der Waals surface area contributed by atoms with Gasteiger partial charge in [0.05, 0.1) is 21.7 Å². The van der Waals surface area contributed by atoms with Gasteiger partial charge in [-0.2, -0.15) is 0 Å². The second kappa shape index (κ2) is 8.32. The molecule has 2 aromatic heterocycles. The van der Waals surface area contributed by atoms with E-state index in [0.29, 0.717) is 5.75 Å². The van der Waals surface area contributed by atoms with Crippen LogP contribution in [0.4, 0.5) is 5.69 Å². The number of thioether (sulfide) groups is 2. The number of thiophene rings is 1. The quantitative estimate of drug-likeness (QED) is 0.370.